The van der Waals surface area contributed by atoms with E-state index in [-0.39, 0.29) is 90.8 Å². The molecule has 0 saturated heterocycles. The van der Waals surface area contributed by atoms with Crippen LogP contribution in [0.1, 0.15) is 0 Å². The fourth-order valence-electron chi connectivity index (χ4n) is 1.51. The van der Waals surface area contributed by atoms with Gasteiger partial charge in [-0.15, -0.1) is 105 Å². The SMILES string of the molecule is [PH-]PP(P([PH-])[PH-])P(P(P([PH-])P)P(P)P)P(P(P(P)P)P(P)P)P(P(P)P)P(P)P. The van der Waals surface area contributed by atoms with Gasteiger partial charge in [-0.3, -0.25) is 7.96 Å². The van der Waals surface area contributed by atoms with Crippen LogP contribution in [-0.4, -0.2) is 0 Å². The second-order valence-electron chi connectivity index (χ2n) is 4.30. The molecule has 0 aliphatic heterocycles. The molecule has 0 aromatic heterocycles. The third kappa shape index (κ3) is 15.3. The van der Waals surface area contributed by atoms with Crippen LogP contribution in [0.25, 0.3) is 0 Å². The van der Waals surface area contributed by atoms with Gasteiger partial charge in [0.15, 0.2) is 0 Å². The Morgan fingerprint density at radius 3 is 0.931 bits per heavy atom. The minimum Gasteiger partial charge on any atom is -0.553 e. The maximum Gasteiger partial charge on any atom is -0.000735 e. The normalized spacial score (nSPS) is 18.2. The monoisotopic (exact) mass is 925 g/mol. The van der Waals surface area contributed by atoms with E-state index in [4.69, 9.17) is 0 Å². The topological polar surface area (TPSA) is 0 Å². The van der Waals surface area contributed by atoms with E-state index in [2.05, 4.69) is 134 Å². The molecule has 0 bridgehead atoms. The molecule has 0 fully saturated rings. The molecule has 0 saturated carbocycles. The summed E-state index contributed by atoms with van der Waals surface area (Å²) < 4.78 is 0. The van der Waals surface area contributed by atoms with Crippen molar-refractivity contribution in [2.75, 3.05) is 0 Å². The standard InChI is InChI=1S/H27P29/c1-16-24(17(2)3)28(25(18(4)5)19(6)7)29(26(20(8)9)21(10)11)27(22(12)13)23(14)15/h1-4,16H,5-15H2/q-4. The van der Waals surface area contributed by atoms with Crippen LogP contribution in [0.3, 0.4) is 0 Å². The van der Waals surface area contributed by atoms with E-state index in [1.54, 1.807) is 0 Å². The lowest BCUT2D eigenvalue weighted by molar-refractivity contribution is 4.43. The van der Waals surface area contributed by atoms with Gasteiger partial charge in [0.2, 0.25) is 0 Å². The molecule has 0 aromatic carbocycles. The van der Waals surface area contributed by atoms with Gasteiger partial charge in [-0.2, -0.15) is 0 Å². The average Bonchev–Trinajstić information content (AvgIpc) is 2.51. The van der Waals surface area contributed by atoms with Crippen molar-refractivity contribution in [3.8, 4) is 0 Å². The van der Waals surface area contributed by atoms with E-state index >= 15 is 0 Å². The van der Waals surface area contributed by atoms with Crippen LogP contribution >= 0.6 is 233 Å². The number of hydrogen-bond acceptors (Lipinski definition) is 0. The molecule has 0 N–H and O–H groups in total. The molecule has 29 heteroatoms. The zero-order chi connectivity index (χ0) is 23.2. The first-order chi connectivity index (χ1) is 13.2. The fourth-order valence-corrected chi connectivity index (χ4v) is 367. The molecule has 0 radical (unpaired) electrons. The highest BCUT2D eigenvalue weighted by molar-refractivity contribution is 9.43. The molecule has 0 amide bonds. The molecular formula is H27P29-4. The molecule has 0 nitrogen and oxygen atoms in total. The number of hydrogen-bond donors (Lipinski definition) is 0. The van der Waals surface area contributed by atoms with Crippen molar-refractivity contribution in [2.24, 2.45) is 0 Å². The Morgan fingerprint density at radius 2 is 0.759 bits per heavy atom. The minimum absolute atomic E-state index is 0.00106. The summed E-state index contributed by atoms with van der Waals surface area (Å²) in [5.74, 6) is 0. The molecule has 0 rings (SSSR count). The van der Waals surface area contributed by atoms with Gasteiger partial charge in [0, 0.05) is 0 Å². The third-order valence-electron chi connectivity index (χ3n) is 2.32. The van der Waals surface area contributed by atoms with E-state index < -0.39 is 0 Å². The van der Waals surface area contributed by atoms with Crippen molar-refractivity contribution in [3.63, 3.8) is 0 Å². The Kier molecular flexibility index (Phi) is 32.7. The summed E-state index contributed by atoms with van der Waals surface area (Å²) in [5.41, 5.74) is 0. The van der Waals surface area contributed by atoms with Gasteiger partial charge in [0.05, 0.1) is 0 Å². The summed E-state index contributed by atoms with van der Waals surface area (Å²) in [5, 5.41) is 0. The second kappa shape index (κ2) is 22.9. The van der Waals surface area contributed by atoms with Gasteiger partial charge in [-0.05, 0) is 69.9 Å². The predicted molar refractivity (Wildman–Crippen MR) is 238 cm³/mol. The van der Waals surface area contributed by atoms with Crippen LogP contribution in [-0.2, 0) is 0 Å². The largest absolute Gasteiger partial charge is 0.553 e. The molecule has 0 aliphatic carbocycles. The highest BCUT2D eigenvalue weighted by atomic mass is 33.5. The lowest BCUT2D eigenvalue weighted by atomic mass is 28.5. The average molecular weight is 925 g/mol. The lowest BCUT2D eigenvalue weighted by Crippen LogP contribution is -1.63. The smallest absolute Gasteiger partial charge is 0.000735 e. The first-order valence-corrected chi connectivity index (χ1v) is 57.5. The van der Waals surface area contributed by atoms with Gasteiger partial charge in [-0.25, -0.2) is 6.99 Å². The Labute approximate surface area is 230 Å². The van der Waals surface area contributed by atoms with Crippen molar-refractivity contribution in [2.45, 2.75) is 0 Å². The second-order valence-corrected chi connectivity index (χ2v) is 116. The Hall–Kier alpha value is 12.5. The zero-order valence-corrected chi connectivity index (χ0v) is 44.0. The Morgan fingerprint density at radius 1 is 0.448 bits per heavy atom. The molecular weight excluding hydrogens is 898 g/mol. The quantitative estimate of drug-likeness (QED) is 0.162. The first-order valence-electron chi connectivity index (χ1n) is 6.38. The Balaban J connectivity index is 6.97. The van der Waals surface area contributed by atoms with Gasteiger partial charge < -0.3 is 42.7 Å². The maximum atomic E-state index is 4.20. The highest BCUT2D eigenvalue weighted by Gasteiger charge is 2.46. The summed E-state index contributed by atoms with van der Waals surface area (Å²) in [6.07, 6.45) is 0. The molecule has 0 aromatic rings. The summed E-state index contributed by atoms with van der Waals surface area (Å²) in [6.45, 7) is -0.997. The molecule has 16 unspecified atom stereocenters. The van der Waals surface area contributed by atoms with Crippen molar-refractivity contribution < 1.29 is 0 Å². The molecule has 0 heterocycles. The molecule has 29 heavy (non-hydrogen) atoms. The van der Waals surface area contributed by atoms with Crippen molar-refractivity contribution in [1.29, 1.82) is 0 Å². The maximum absolute atomic E-state index is 4.20. The predicted octanol–water partition coefficient (Wildman–Crippen LogP) is 17.7. The minimum atomic E-state index is -0.277. The van der Waals surface area contributed by atoms with E-state index in [0.717, 1.165) is 7.96 Å². The van der Waals surface area contributed by atoms with Gasteiger partial charge in [-0.1, -0.05) is 0 Å². The third-order valence-corrected chi connectivity index (χ3v) is 188. The van der Waals surface area contributed by atoms with Crippen LogP contribution in [0.15, 0.2) is 0 Å². The molecule has 0 aliphatic rings. The van der Waals surface area contributed by atoms with Crippen molar-refractivity contribution in [3.05, 3.63) is 0 Å². The van der Waals surface area contributed by atoms with Crippen LogP contribution < -0.4 is 0 Å². The summed E-state index contributed by atoms with van der Waals surface area (Å²) in [6, 6.07) is 0. The van der Waals surface area contributed by atoms with Crippen LogP contribution in [0.2, 0.25) is 0 Å². The molecule has 16 atom stereocenters. The fraction of sp³-hybridized carbons (Fsp3) is 0. The summed E-state index contributed by atoms with van der Waals surface area (Å²) in [4.78, 5) is 0. The highest BCUT2D eigenvalue weighted by Crippen LogP contribution is 3.37. The Bertz CT molecular complexity index is 368. The first kappa shape index (κ1) is 41.5. The summed E-state index contributed by atoms with van der Waals surface area (Å²) >= 11 is 0. The lowest BCUT2D eigenvalue weighted by Gasteiger charge is -2.58. The summed E-state index contributed by atoms with van der Waals surface area (Å²) in [7, 11) is 53.1. The van der Waals surface area contributed by atoms with Gasteiger partial charge in [0.1, 0.15) is 0 Å². The van der Waals surface area contributed by atoms with Crippen molar-refractivity contribution >= 4 is 233 Å². The van der Waals surface area contributed by atoms with E-state index in [1.807, 2.05) is 0 Å². The number of rotatable bonds is 13. The van der Waals surface area contributed by atoms with E-state index in [1.165, 1.54) is 0 Å². The van der Waals surface area contributed by atoms with Crippen LogP contribution in [0, 0.1) is 0 Å². The van der Waals surface area contributed by atoms with E-state index in [9.17, 15) is 0 Å². The molecule has 176 valence electrons. The van der Waals surface area contributed by atoms with Crippen LogP contribution in [0.4, 0.5) is 0 Å². The van der Waals surface area contributed by atoms with Crippen molar-refractivity contribution in [1.82, 2.24) is 0 Å². The molecule has 0 spiro atoms. The van der Waals surface area contributed by atoms with Gasteiger partial charge >= 0.3 is 0 Å². The van der Waals surface area contributed by atoms with Gasteiger partial charge in [0.25, 0.3) is 0 Å². The zero-order valence-electron chi connectivity index (χ0n) is 14.7. The van der Waals surface area contributed by atoms with Crippen LogP contribution in [0.5, 0.6) is 0 Å². The van der Waals surface area contributed by atoms with E-state index in [0.29, 0.717) is 0 Å².